The zero-order valence-corrected chi connectivity index (χ0v) is 20.0. The lowest BCUT2D eigenvalue weighted by molar-refractivity contribution is 0.0697. The number of carboxylic acids is 1. The van der Waals surface area contributed by atoms with Gasteiger partial charge in [0.2, 0.25) is 5.95 Å². The van der Waals surface area contributed by atoms with Crippen LogP contribution in [0.2, 0.25) is 5.02 Å². The average molecular weight is 497 g/mol. The largest absolute Gasteiger partial charge is 0.493 e. The minimum absolute atomic E-state index is 0.0426. The molecule has 34 heavy (non-hydrogen) atoms. The van der Waals surface area contributed by atoms with E-state index in [9.17, 15) is 9.90 Å². The predicted octanol–water partition coefficient (Wildman–Crippen LogP) is 5.88. The first kappa shape index (κ1) is 23.6. The van der Waals surface area contributed by atoms with Crippen LogP contribution in [0.4, 0.5) is 11.6 Å². The quantitative estimate of drug-likeness (QED) is 0.274. The molecule has 0 aliphatic rings. The van der Waals surface area contributed by atoms with Gasteiger partial charge in [-0.05, 0) is 43.0 Å². The van der Waals surface area contributed by atoms with Gasteiger partial charge < -0.3 is 19.7 Å². The SMILES string of the molecule is CSc1noc(C)c1-c1nc(Nc2ccc(CCOc3ccccc3)c(Cl)c2)ncc1C(=O)O. The minimum atomic E-state index is -1.14. The first-order valence-corrected chi connectivity index (χ1v) is 11.9. The van der Waals surface area contributed by atoms with E-state index < -0.39 is 5.97 Å². The van der Waals surface area contributed by atoms with Crippen molar-refractivity contribution >= 4 is 41.0 Å². The number of aryl methyl sites for hydroxylation is 1. The van der Waals surface area contributed by atoms with E-state index in [-0.39, 0.29) is 17.2 Å². The first-order chi connectivity index (χ1) is 16.5. The van der Waals surface area contributed by atoms with Crippen LogP contribution in [-0.4, -0.2) is 39.1 Å². The van der Waals surface area contributed by atoms with Gasteiger partial charge in [-0.15, -0.1) is 11.8 Å². The Labute approximate surface area is 205 Å². The third kappa shape index (κ3) is 5.32. The molecule has 0 bridgehead atoms. The molecular weight excluding hydrogens is 476 g/mol. The van der Waals surface area contributed by atoms with Gasteiger partial charge in [-0.3, -0.25) is 0 Å². The van der Waals surface area contributed by atoms with Crippen LogP contribution in [0.5, 0.6) is 5.75 Å². The maximum Gasteiger partial charge on any atom is 0.339 e. The van der Waals surface area contributed by atoms with Gasteiger partial charge >= 0.3 is 5.97 Å². The molecule has 10 heteroatoms. The summed E-state index contributed by atoms with van der Waals surface area (Å²) < 4.78 is 11.0. The number of halogens is 1. The molecule has 2 aromatic heterocycles. The fourth-order valence-corrected chi connectivity index (χ4v) is 4.13. The van der Waals surface area contributed by atoms with Crippen LogP contribution in [0, 0.1) is 6.92 Å². The highest BCUT2D eigenvalue weighted by Crippen LogP contribution is 2.34. The maximum atomic E-state index is 11.8. The molecule has 0 aliphatic heterocycles. The molecule has 4 aromatic rings. The zero-order chi connectivity index (χ0) is 24.1. The van der Waals surface area contributed by atoms with E-state index in [1.807, 2.05) is 48.7 Å². The van der Waals surface area contributed by atoms with Gasteiger partial charge in [-0.2, -0.15) is 0 Å². The third-order valence-corrected chi connectivity index (χ3v) is 5.99. The van der Waals surface area contributed by atoms with Crippen LogP contribution in [0.15, 0.2) is 64.3 Å². The number of aromatic carboxylic acids is 1. The zero-order valence-electron chi connectivity index (χ0n) is 18.4. The van der Waals surface area contributed by atoms with Crippen molar-refractivity contribution in [1.29, 1.82) is 0 Å². The topological polar surface area (TPSA) is 110 Å². The van der Waals surface area contributed by atoms with E-state index in [2.05, 4.69) is 20.4 Å². The number of nitrogens with one attached hydrogen (secondary N) is 1. The summed E-state index contributed by atoms with van der Waals surface area (Å²) in [5, 5.41) is 17.8. The molecule has 0 atom stereocenters. The minimum Gasteiger partial charge on any atom is -0.493 e. The number of benzene rings is 2. The number of aromatic nitrogens is 3. The van der Waals surface area contributed by atoms with Crippen molar-refractivity contribution in [2.75, 3.05) is 18.2 Å². The molecule has 0 radical (unpaired) electrons. The summed E-state index contributed by atoms with van der Waals surface area (Å²) in [5.41, 5.74) is 2.32. The van der Waals surface area contributed by atoms with Crippen molar-refractivity contribution in [2.45, 2.75) is 18.4 Å². The van der Waals surface area contributed by atoms with E-state index in [1.165, 1.54) is 18.0 Å². The molecule has 0 amide bonds. The average Bonchev–Trinajstić information content (AvgIpc) is 3.21. The van der Waals surface area contributed by atoms with Crippen LogP contribution >= 0.6 is 23.4 Å². The lowest BCUT2D eigenvalue weighted by Gasteiger charge is -2.11. The standard InChI is InChI=1S/C24H21ClN4O4S/c1-14-20(22(34-2)29-33-14)21-18(23(30)31)13-26-24(28-21)27-16-9-8-15(19(25)12-16)10-11-32-17-6-4-3-5-7-17/h3-9,12-13H,10-11H2,1-2H3,(H,30,31)(H,26,27,28). The Balaban J connectivity index is 1.53. The molecule has 0 spiro atoms. The van der Waals surface area contributed by atoms with Crippen molar-refractivity contribution in [3.63, 3.8) is 0 Å². The van der Waals surface area contributed by atoms with Crippen LogP contribution < -0.4 is 10.1 Å². The number of carbonyl (C=O) groups is 1. The molecule has 0 fully saturated rings. The summed E-state index contributed by atoms with van der Waals surface area (Å²) in [6.07, 6.45) is 3.74. The van der Waals surface area contributed by atoms with E-state index in [0.29, 0.717) is 40.1 Å². The highest BCUT2D eigenvalue weighted by Gasteiger charge is 2.23. The molecule has 4 rings (SSSR count). The molecule has 0 aliphatic carbocycles. The number of anilines is 2. The van der Waals surface area contributed by atoms with Crippen LogP contribution in [0.1, 0.15) is 21.7 Å². The predicted molar refractivity (Wildman–Crippen MR) is 131 cm³/mol. The number of carboxylic acid groups (broad SMARTS) is 1. The Kier molecular flexibility index (Phi) is 7.34. The summed E-state index contributed by atoms with van der Waals surface area (Å²) in [6.45, 7) is 2.21. The Hall–Kier alpha value is -3.56. The second-order valence-electron chi connectivity index (χ2n) is 7.23. The number of ether oxygens (including phenoxy) is 1. The fraction of sp³-hybridized carbons (Fsp3) is 0.167. The van der Waals surface area contributed by atoms with Gasteiger partial charge in [0.15, 0.2) is 0 Å². The molecular formula is C24H21ClN4O4S. The Morgan fingerprint density at radius 3 is 2.74 bits per heavy atom. The lowest BCUT2D eigenvalue weighted by Crippen LogP contribution is -2.07. The molecule has 174 valence electrons. The smallest absolute Gasteiger partial charge is 0.339 e. The summed E-state index contributed by atoms with van der Waals surface area (Å²) in [7, 11) is 0. The number of rotatable bonds is 9. The summed E-state index contributed by atoms with van der Waals surface area (Å²) >= 11 is 7.82. The van der Waals surface area contributed by atoms with E-state index in [4.69, 9.17) is 20.9 Å². The van der Waals surface area contributed by atoms with Gasteiger partial charge in [0.25, 0.3) is 0 Å². The Morgan fingerprint density at radius 1 is 1.24 bits per heavy atom. The summed E-state index contributed by atoms with van der Waals surface area (Å²) in [4.78, 5) is 20.4. The maximum absolute atomic E-state index is 11.8. The highest BCUT2D eigenvalue weighted by molar-refractivity contribution is 7.98. The number of hydrogen-bond acceptors (Lipinski definition) is 8. The first-order valence-electron chi connectivity index (χ1n) is 10.3. The van der Waals surface area contributed by atoms with E-state index >= 15 is 0 Å². The van der Waals surface area contributed by atoms with Crippen LogP contribution in [-0.2, 0) is 6.42 Å². The molecule has 2 heterocycles. The van der Waals surface area contributed by atoms with Crippen molar-refractivity contribution in [3.05, 3.63) is 76.6 Å². The van der Waals surface area contributed by atoms with Gasteiger partial charge in [0, 0.05) is 23.3 Å². The second kappa shape index (κ2) is 10.6. The lowest BCUT2D eigenvalue weighted by atomic mass is 10.1. The Morgan fingerprint density at radius 2 is 2.03 bits per heavy atom. The number of nitrogens with zero attached hydrogens (tertiary/aromatic N) is 3. The molecule has 2 aromatic carbocycles. The van der Waals surface area contributed by atoms with Crippen LogP contribution in [0.25, 0.3) is 11.3 Å². The Bertz CT molecular complexity index is 1310. The van der Waals surface area contributed by atoms with E-state index in [0.717, 1.165) is 11.3 Å². The summed E-state index contributed by atoms with van der Waals surface area (Å²) in [5.74, 6) is 0.368. The summed E-state index contributed by atoms with van der Waals surface area (Å²) in [6, 6.07) is 15.1. The van der Waals surface area contributed by atoms with Gasteiger partial charge in [-0.25, -0.2) is 14.8 Å². The van der Waals surface area contributed by atoms with Crippen LogP contribution in [0.3, 0.4) is 0 Å². The van der Waals surface area contributed by atoms with Gasteiger partial charge in [0.1, 0.15) is 22.1 Å². The monoisotopic (exact) mass is 496 g/mol. The third-order valence-electron chi connectivity index (χ3n) is 4.97. The van der Waals surface area contributed by atoms with Gasteiger partial charge in [-0.1, -0.05) is 41.0 Å². The molecule has 0 unspecified atom stereocenters. The van der Waals surface area contributed by atoms with Crippen molar-refractivity contribution in [1.82, 2.24) is 15.1 Å². The molecule has 0 saturated heterocycles. The van der Waals surface area contributed by atoms with E-state index in [1.54, 1.807) is 13.0 Å². The molecule has 2 N–H and O–H groups in total. The normalized spacial score (nSPS) is 10.8. The van der Waals surface area contributed by atoms with Crippen molar-refractivity contribution in [3.8, 4) is 17.0 Å². The number of thioether (sulfide) groups is 1. The van der Waals surface area contributed by atoms with Crippen molar-refractivity contribution < 1.29 is 19.2 Å². The number of hydrogen-bond donors (Lipinski definition) is 2. The molecule has 0 saturated carbocycles. The van der Waals surface area contributed by atoms with Gasteiger partial charge in [0.05, 0.1) is 17.9 Å². The second-order valence-corrected chi connectivity index (χ2v) is 8.43. The fourth-order valence-electron chi connectivity index (χ4n) is 3.30. The molecule has 8 nitrogen and oxygen atoms in total. The highest BCUT2D eigenvalue weighted by atomic mass is 35.5. The number of para-hydroxylation sites is 1. The van der Waals surface area contributed by atoms with Crippen molar-refractivity contribution in [2.24, 2.45) is 0 Å².